The van der Waals surface area contributed by atoms with E-state index in [0.717, 1.165) is 0 Å². The Labute approximate surface area is 169 Å². The molecule has 9 nitrogen and oxygen atoms in total. The lowest BCUT2D eigenvalue weighted by molar-refractivity contribution is -0.126. The second kappa shape index (κ2) is 8.66. The summed E-state index contributed by atoms with van der Waals surface area (Å²) in [5, 5.41) is 0. The van der Waals surface area contributed by atoms with Crippen molar-refractivity contribution in [1.29, 1.82) is 0 Å². The van der Waals surface area contributed by atoms with Gasteiger partial charge in [0.25, 0.3) is 5.91 Å². The Balaban J connectivity index is 1.62. The lowest BCUT2D eigenvalue weighted by atomic mass is 9.99. The van der Waals surface area contributed by atoms with Crippen molar-refractivity contribution < 1.29 is 27.2 Å². The molecule has 1 aromatic heterocycles. The third kappa shape index (κ3) is 4.60. The Bertz CT molecular complexity index is 984. The molecular weight excluding hydrogens is 398 g/mol. The van der Waals surface area contributed by atoms with E-state index < -0.39 is 27.8 Å². The number of nitrogens with one attached hydrogen (secondary N) is 2. The summed E-state index contributed by atoms with van der Waals surface area (Å²) in [6.45, 7) is 2.01. The van der Waals surface area contributed by atoms with E-state index in [9.17, 15) is 18.0 Å². The Morgan fingerprint density at radius 3 is 2.52 bits per heavy atom. The van der Waals surface area contributed by atoms with Crippen LogP contribution in [-0.4, -0.2) is 44.7 Å². The molecule has 29 heavy (non-hydrogen) atoms. The Morgan fingerprint density at radius 2 is 1.90 bits per heavy atom. The SMILES string of the molecule is COc1ccc(S(=O)(=O)N2CCC[C@@H](C(=O)NNC(=O)c3ccoc3C)C2)cc1. The first-order chi connectivity index (χ1) is 13.8. The molecule has 1 atom stereocenters. The average Bonchev–Trinajstić information content (AvgIpc) is 3.17. The smallest absolute Gasteiger partial charge is 0.273 e. The maximum absolute atomic E-state index is 12.9. The summed E-state index contributed by atoms with van der Waals surface area (Å²) in [6, 6.07) is 7.61. The van der Waals surface area contributed by atoms with E-state index in [2.05, 4.69) is 10.9 Å². The maximum atomic E-state index is 12.9. The molecule has 0 saturated carbocycles. The zero-order valence-electron chi connectivity index (χ0n) is 16.2. The molecule has 2 heterocycles. The largest absolute Gasteiger partial charge is 0.497 e. The average molecular weight is 421 g/mol. The number of ether oxygens (including phenoxy) is 1. The van der Waals surface area contributed by atoms with Gasteiger partial charge in [0.2, 0.25) is 15.9 Å². The van der Waals surface area contributed by atoms with Crippen molar-refractivity contribution in [2.24, 2.45) is 5.92 Å². The molecule has 2 amide bonds. The highest BCUT2D eigenvalue weighted by Gasteiger charge is 2.33. The Hall–Kier alpha value is -2.85. The van der Waals surface area contributed by atoms with E-state index in [0.29, 0.717) is 36.5 Å². The van der Waals surface area contributed by atoms with Gasteiger partial charge in [0, 0.05) is 13.1 Å². The first-order valence-corrected chi connectivity index (χ1v) is 10.6. The number of methoxy groups -OCH3 is 1. The van der Waals surface area contributed by atoms with E-state index in [1.54, 1.807) is 19.1 Å². The summed E-state index contributed by atoms with van der Waals surface area (Å²) in [5.41, 5.74) is 5.03. The van der Waals surface area contributed by atoms with E-state index in [1.165, 1.54) is 35.9 Å². The number of amides is 2. The number of hydrogen-bond donors (Lipinski definition) is 2. The fourth-order valence-electron chi connectivity index (χ4n) is 3.18. The van der Waals surface area contributed by atoms with Crippen LogP contribution in [0.4, 0.5) is 0 Å². The summed E-state index contributed by atoms with van der Waals surface area (Å²) in [5.74, 6) is -0.505. The van der Waals surface area contributed by atoms with Crippen molar-refractivity contribution in [3.05, 3.63) is 47.9 Å². The zero-order chi connectivity index (χ0) is 21.0. The Kier molecular flexibility index (Phi) is 6.23. The molecular formula is C19H23N3O6S. The molecule has 2 aromatic rings. The molecule has 2 N–H and O–H groups in total. The molecule has 3 rings (SSSR count). The van der Waals surface area contributed by atoms with Crippen molar-refractivity contribution in [3.63, 3.8) is 0 Å². The number of hydrogen-bond acceptors (Lipinski definition) is 6. The van der Waals surface area contributed by atoms with Crippen molar-refractivity contribution in [1.82, 2.24) is 15.2 Å². The van der Waals surface area contributed by atoms with Crippen LogP contribution in [0.1, 0.15) is 29.0 Å². The maximum Gasteiger partial charge on any atom is 0.273 e. The number of sulfonamides is 1. The minimum atomic E-state index is -3.73. The molecule has 0 bridgehead atoms. The van der Waals surface area contributed by atoms with E-state index >= 15 is 0 Å². The third-order valence-corrected chi connectivity index (χ3v) is 6.73. The van der Waals surface area contributed by atoms with Gasteiger partial charge in [0.15, 0.2) is 0 Å². The minimum Gasteiger partial charge on any atom is -0.497 e. The molecule has 0 spiro atoms. The molecule has 1 saturated heterocycles. The van der Waals surface area contributed by atoms with Crippen LogP contribution in [0.2, 0.25) is 0 Å². The number of furan rings is 1. The van der Waals surface area contributed by atoms with Gasteiger partial charge in [0.1, 0.15) is 11.5 Å². The van der Waals surface area contributed by atoms with Crippen LogP contribution in [0.15, 0.2) is 45.9 Å². The van der Waals surface area contributed by atoms with E-state index in [1.807, 2.05) is 0 Å². The predicted octanol–water partition coefficient (Wildman–Crippen LogP) is 1.46. The van der Waals surface area contributed by atoms with Crippen LogP contribution in [0.3, 0.4) is 0 Å². The highest BCUT2D eigenvalue weighted by Crippen LogP contribution is 2.25. The number of piperidine rings is 1. The number of nitrogens with zero attached hydrogens (tertiary/aromatic N) is 1. The van der Waals surface area contributed by atoms with Crippen LogP contribution in [0.25, 0.3) is 0 Å². The van der Waals surface area contributed by atoms with Crippen LogP contribution in [-0.2, 0) is 14.8 Å². The second-order valence-corrected chi connectivity index (χ2v) is 8.65. The van der Waals surface area contributed by atoms with Crippen LogP contribution < -0.4 is 15.6 Å². The minimum absolute atomic E-state index is 0.0425. The van der Waals surface area contributed by atoms with Gasteiger partial charge in [-0.2, -0.15) is 4.31 Å². The second-order valence-electron chi connectivity index (χ2n) is 6.71. The first-order valence-electron chi connectivity index (χ1n) is 9.11. The van der Waals surface area contributed by atoms with Crippen molar-refractivity contribution in [3.8, 4) is 5.75 Å². The third-order valence-electron chi connectivity index (χ3n) is 4.85. The van der Waals surface area contributed by atoms with Gasteiger partial charge in [-0.1, -0.05) is 0 Å². The van der Waals surface area contributed by atoms with Gasteiger partial charge < -0.3 is 9.15 Å². The van der Waals surface area contributed by atoms with Gasteiger partial charge in [-0.05, 0) is 50.1 Å². The van der Waals surface area contributed by atoms with Crippen molar-refractivity contribution >= 4 is 21.8 Å². The fraction of sp³-hybridized carbons (Fsp3) is 0.368. The van der Waals surface area contributed by atoms with E-state index in [4.69, 9.17) is 9.15 Å². The molecule has 10 heteroatoms. The van der Waals surface area contributed by atoms with Crippen molar-refractivity contribution in [2.45, 2.75) is 24.7 Å². The predicted molar refractivity (Wildman–Crippen MR) is 104 cm³/mol. The summed E-state index contributed by atoms with van der Waals surface area (Å²) < 4.78 is 37.2. The molecule has 1 fully saturated rings. The number of rotatable bonds is 5. The van der Waals surface area contributed by atoms with Gasteiger partial charge in [-0.3, -0.25) is 20.4 Å². The summed E-state index contributed by atoms with van der Waals surface area (Å²) in [6.07, 6.45) is 2.46. The standard InChI is InChI=1S/C19H23N3O6S/c1-13-17(9-11-28-13)19(24)21-20-18(23)14-4-3-10-22(12-14)29(25,26)16-7-5-15(27-2)6-8-16/h5-9,11,14H,3-4,10,12H2,1-2H3,(H,20,23)(H,21,24)/t14-/m1/s1. The van der Waals surface area contributed by atoms with Gasteiger partial charge in [-0.15, -0.1) is 0 Å². The number of aryl methyl sites for hydroxylation is 1. The molecule has 1 aromatic carbocycles. The number of carbonyl (C=O) groups excluding carboxylic acids is 2. The summed E-state index contributed by atoms with van der Waals surface area (Å²) in [7, 11) is -2.22. The highest BCUT2D eigenvalue weighted by atomic mass is 32.2. The van der Waals surface area contributed by atoms with Gasteiger partial charge >= 0.3 is 0 Å². The molecule has 1 aliphatic heterocycles. The molecule has 0 radical (unpaired) electrons. The lowest BCUT2D eigenvalue weighted by Gasteiger charge is -2.31. The summed E-state index contributed by atoms with van der Waals surface area (Å²) in [4.78, 5) is 24.7. The van der Waals surface area contributed by atoms with E-state index in [-0.39, 0.29) is 11.4 Å². The lowest BCUT2D eigenvalue weighted by Crippen LogP contribution is -2.50. The number of carbonyl (C=O) groups is 2. The first kappa shape index (κ1) is 20.9. The monoisotopic (exact) mass is 421 g/mol. The molecule has 0 unspecified atom stereocenters. The highest BCUT2D eigenvalue weighted by molar-refractivity contribution is 7.89. The topological polar surface area (TPSA) is 118 Å². The normalized spacial score (nSPS) is 17.5. The Morgan fingerprint density at radius 1 is 1.17 bits per heavy atom. The van der Waals surface area contributed by atoms with Crippen molar-refractivity contribution in [2.75, 3.05) is 20.2 Å². The molecule has 156 valence electrons. The van der Waals surface area contributed by atoms with Gasteiger partial charge in [0.05, 0.1) is 29.7 Å². The van der Waals surface area contributed by atoms with Crippen LogP contribution >= 0.6 is 0 Å². The molecule has 1 aliphatic rings. The van der Waals surface area contributed by atoms with Gasteiger partial charge in [-0.25, -0.2) is 8.42 Å². The molecule has 0 aliphatic carbocycles. The summed E-state index contributed by atoms with van der Waals surface area (Å²) >= 11 is 0. The zero-order valence-corrected chi connectivity index (χ0v) is 17.0. The van der Waals surface area contributed by atoms with Crippen LogP contribution in [0.5, 0.6) is 5.75 Å². The number of benzene rings is 1. The number of hydrazine groups is 1. The van der Waals surface area contributed by atoms with Crippen LogP contribution in [0, 0.1) is 12.8 Å². The fourth-order valence-corrected chi connectivity index (χ4v) is 4.70. The quantitative estimate of drug-likeness (QED) is 0.706.